The maximum atomic E-state index is 11.8. The lowest BCUT2D eigenvalue weighted by atomic mass is 9.97. The summed E-state index contributed by atoms with van der Waals surface area (Å²) >= 11 is 1.52. The summed E-state index contributed by atoms with van der Waals surface area (Å²) in [6, 6.07) is 6.97. The number of benzene rings is 1. The van der Waals surface area contributed by atoms with Crippen LogP contribution in [-0.2, 0) is 9.53 Å². The van der Waals surface area contributed by atoms with Crippen LogP contribution in [0.5, 0.6) is 0 Å². The highest BCUT2D eigenvalue weighted by Gasteiger charge is 2.24. The van der Waals surface area contributed by atoms with Gasteiger partial charge < -0.3 is 9.84 Å². The molecule has 0 saturated heterocycles. The summed E-state index contributed by atoms with van der Waals surface area (Å²) in [4.78, 5) is 23.6. The molecule has 0 spiro atoms. The molecule has 5 heteroatoms. The molecule has 0 aromatic heterocycles. The Morgan fingerprint density at radius 2 is 1.95 bits per heavy atom. The second kappa shape index (κ2) is 7.26. The second-order valence-electron chi connectivity index (χ2n) is 4.63. The number of esters is 1. The zero-order valence-electron chi connectivity index (χ0n) is 11.6. The summed E-state index contributed by atoms with van der Waals surface area (Å²) in [6.07, 6.45) is 1.13. The average molecular weight is 294 g/mol. The van der Waals surface area contributed by atoms with E-state index in [-0.39, 0.29) is 5.78 Å². The first kappa shape index (κ1) is 16.5. The van der Waals surface area contributed by atoms with Gasteiger partial charge >= 0.3 is 5.97 Å². The molecule has 1 rings (SSSR count). The largest absolute Gasteiger partial charge is 0.462 e. The van der Waals surface area contributed by atoms with Crippen molar-refractivity contribution in [3.8, 4) is 0 Å². The van der Waals surface area contributed by atoms with Gasteiger partial charge in [0.25, 0.3) is 0 Å². The van der Waals surface area contributed by atoms with E-state index in [1.165, 1.54) is 25.6 Å². The number of aliphatic hydroxyl groups is 1. The lowest BCUT2D eigenvalue weighted by Crippen LogP contribution is -2.30. The molecule has 0 unspecified atom stereocenters. The van der Waals surface area contributed by atoms with Crippen LogP contribution in [0.15, 0.2) is 41.8 Å². The van der Waals surface area contributed by atoms with Crippen LogP contribution >= 0.6 is 11.8 Å². The van der Waals surface area contributed by atoms with Gasteiger partial charge in [-0.15, -0.1) is 11.8 Å². The highest BCUT2D eigenvalue weighted by molar-refractivity contribution is 7.99. The number of Topliss-reactive ketones (excluding diaryl/α,β-unsaturated/α-hetero) is 1. The molecule has 0 fully saturated rings. The van der Waals surface area contributed by atoms with E-state index < -0.39 is 11.6 Å². The van der Waals surface area contributed by atoms with Crippen molar-refractivity contribution in [2.75, 3.05) is 12.4 Å². The molecule has 0 heterocycles. The molecule has 108 valence electrons. The van der Waals surface area contributed by atoms with Crippen molar-refractivity contribution in [3.05, 3.63) is 42.5 Å². The van der Waals surface area contributed by atoms with E-state index in [1.54, 1.807) is 24.3 Å². The summed E-state index contributed by atoms with van der Waals surface area (Å²) in [5.74, 6) is -0.121. The Morgan fingerprint density at radius 1 is 1.35 bits per heavy atom. The minimum absolute atomic E-state index is 0.305. The van der Waals surface area contributed by atoms with Gasteiger partial charge in [0, 0.05) is 22.3 Å². The number of hydrogen-bond acceptors (Lipinski definition) is 5. The van der Waals surface area contributed by atoms with Crippen LogP contribution < -0.4 is 0 Å². The summed E-state index contributed by atoms with van der Waals surface area (Å²) < 4.78 is 4.85. The highest BCUT2D eigenvalue weighted by atomic mass is 32.2. The number of ketones is 1. The van der Waals surface area contributed by atoms with Gasteiger partial charge in [0.2, 0.25) is 0 Å². The van der Waals surface area contributed by atoms with E-state index >= 15 is 0 Å². The fourth-order valence-corrected chi connectivity index (χ4v) is 2.15. The van der Waals surface area contributed by atoms with Gasteiger partial charge in [-0.1, -0.05) is 18.7 Å². The lowest BCUT2D eigenvalue weighted by molar-refractivity contribution is -0.137. The van der Waals surface area contributed by atoms with E-state index in [0.717, 1.165) is 11.0 Å². The van der Waals surface area contributed by atoms with Crippen molar-refractivity contribution in [1.29, 1.82) is 0 Å². The average Bonchev–Trinajstić information content (AvgIpc) is 2.42. The molecule has 0 saturated carbocycles. The fourth-order valence-electron chi connectivity index (χ4n) is 1.42. The van der Waals surface area contributed by atoms with Crippen LogP contribution in [0.1, 0.15) is 24.2 Å². The van der Waals surface area contributed by atoms with Crippen molar-refractivity contribution in [2.24, 2.45) is 0 Å². The molecule has 0 aliphatic heterocycles. The highest BCUT2D eigenvalue weighted by Crippen LogP contribution is 2.20. The number of ether oxygens (including phenoxy) is 1. The maximum Gasteiger partial charge on any atom is 0.330 e. The molecule has 0 aliphatic carbocycles. The van der Waals surface area contributed by atoms with Crippen LogP contribution in [0.3, 0.4) is 0 Å². The van der Waals surface area contributed by atoms with Gasteiger partial charge in [0.05, 0.1) is 0 Å². The second-order valence-corrected chi connectivity index (χ2v) is 5.80. The van der Waals surface area contributed by atoms with Crippen molar-refractivity contribution in [3.63, 3.8) is 0 Å². The zero-order valence-corrected chi connectivity index (χ0v) is 12.4. The molecular formula is C15H18O4S. The Hall–Kier alpha value is -1.59. The van der Waals surface area contributed by atoms with Gasteiger partial charge in [-0.2, -0.15) is 0 Å². The van der Waals surface area contributed by atoms with Crippen LogP contribution in [0, 0.1) is 0 Å². The van der Waals surface area contributed by atoms with Crippen LogP contribution in [0.4, 0.5) is 0 Å². The molecule has 0 amide bonds. The van der Waals surface area contributed by atoms with Crippen molar-refractivity contribution in [1.82, 2.24) is 0 Å². The summed E-state index contributed by atoms with van der Waals surface area (Å²) in [6.45, 7) is 6.54. The van der Waals surface area contributed by atoms with Gasteiger partial charge in [0.15, 0.2) is 5.78 Å². The van der Waals surface area contributed by atoms with Gasteiger partial charge in [-0.25, -0.2) is 4.79 Å². The predicted molar refractivity (Wildman–Crippen MR) is 79.0 cm³/mol. The fraction of sp³-hybridized carbons (Fsp3) is 0.333. The smallest absolute Gasteiger partial charge is 0.330 e. The minimum atomic E-state index is -1.37. The Kier molecular flexibility index (Phi) is 5.98. The molecule has 0 radical (unpaired) electrons. The Morgan fingerprint density at radius 3 is 2.45 bits per heavy atom. The van der Waals surface area contributed by atoms with Crippen molar-refractivity contribution < 1.29 is 19.4 Å². The van der Waals surface area contributed by atoms with E-state index in [1.807, 2.05) is 0 Å². The maximum absolute atomic E-state index is 11.8. The van der Waals surface area contributed by atoms with Gasteiger partial charge in [0.1, 0.15) is 12.2 Å². The number of carbonyl (C=O) groups excluding carboxylic acids is 2. The third-order valence-electron chi connectivity index (χ3n) is 2.44. The summed E-state index contributed by atoms with van der Waals surface area (Å²) in [5.41, 5.74) is -0.895. The summed E-state index contributed by atoms with van der Waals surface area (Å²) in [7, 11) is 0. The molecule has 0 atom stereocenters. The van der Waals surface area contributed by atoms with Crippen molar-refractivity contribution in [2.45, 2.75) is 24.3 Å². The molecule has 1 N–H and O–H groups in total. The van der Waals surface area contributed by atoms with E-state index in [4.69, 9.17) is 4.74 Å². The third kappa shape index (κ3) is 5.19. The summed E-state index contributed by atoms with van der Waals surface area (Å²) in [5, 5.41) is 9.65. The topological polar surface area (TPSA) is 63.6 Å². The molecule has 0 bridgehead atoms. The quantitative estimate of drug-likeness (QED) is 0.275. The van der Waals surface area contributed by atoms with Crippen LogP contribution in [0.25, 0.3) is 0 Å². The van der Waals surface area contributed by atoms with E-state index in [2.05, 4.69) is 6.58 Å². The third-order valence-corrected chi connectivity index (χ3v) is 3.41. The number of rotatable bonds is 7. The molecule has 1 aromatic rings. The van der Waals surface area contributed by atoms with Gasteiger partial charge in [-0.05, 0) is 26.0 Å². The zero-order chi connectivity index (χ0) is 15.2. The number of hydrogen-bond donors (Lipinski definition) is 1. The number of carbonyl (C=O) groups is 2. The van der Waals surface area contributed by atoms with Crippen molar-refractivity contribution >= 4 is 23.5 Å². The minimum Gasteiger partial charge on any atom is -0.462 e. The Balaban J connectivity index is 2.49. The molecule has 20 heavy (non-hydrogen) atoms. The first-order valence-electron chi connectivity index (χ1n) is 6.14. The molecular weight excluding hydrogens is 276 g/mol. The van der Waals surface area contributed by atoms with E-state index in [0.29, 0.717) is 17.9 Å². The Labute approximate surface area is 122 Å². The first-order chi connectivity index (χ1) is 9.34. The van der Waals surface area contributed by atoms with Crippen LogP contribution in [0.2, 0.25) is 0 Å². The predicted octanol–water partition coefficient (Wildman–Crippen LogP) is 2.46. The Bertz CT molecular complexity index is 486. The SMILES string of the molecule is C=CC(=O)OCCSc1ccc(C(=O)C(C)(C)O)cc1. The first-order valence-corrected chi connectivity index (χ1v) is 7.12. The molecule has 0 aliphatic rings. The monoisotopic (exact) mass is 294 g/mol. The van der Waals surface area contributed by atoms with Gasteiger partial charge in [-0.3, -0.25) is 4.79 Å². The molecule has 4 nitrogen and oxygen atoms in total. The number of thioether (sulfide) groups is 1. The standard InChI is InChI=1S/C15H18O4S/c1-4-13(16)19-9-10-20-12-7-5-11(6-8-12)14(17)15(2,3)18/h4-8,18H,1,9-10H2,2-3H3. The lowest BCUT2D eigenvalue weighted by Gasteiger charge is -2.15. The normalized spacial score (nSPS) is 10.9. The molecule has 1 aromatic carbocycles. The van der Waals surface area contributed by atoms with E-state index in [9.17, 15) is 14.7 Å². The van der Waals surface area contributed by atoms with Crippen LogP contribution in [-0.4, -0.2) is 34.8 Å².